The van der Waals surface area contributed by atoms with E-state index in [9.17, 15) is 14.4 Å². The van der Waals surface area contributed by atoms with Gasteiger partial charge in [0.25, 0.3) is 0 Å². The molecule has 0 amide bonds. The van der Waals surface area contributed by atoms with Crippen LogP contribution in [-0.4, -0.2) is 47.1 Å². The average molecular weight is 396 g/mol. The van der Waals surface area contributed by atoms with E-state index in [1.54, 1.807) is 6.07 Å². The molecular weight excluding hydrogens is 362 g/mol. The van der Waals surface area contributed by atoms with Gasteiger partial charge in [-0.1, -0.05) is 37.8 Å². The first-order valence-corrected chi connectivity index (χ1v) is 9.54. The molecule has 1 aliphatic carbocycles. The topological polar surface area (TPSA) is 170 Å². The van der Waals surface area contributed by atoms with Crippen molar-refractivity contribution < 1.29 is 24.6 Å². The first-order valence-electron chi connectivity index (χ1n) is 9.54. The Labute approximate surface area is 166 Å². The number of hydrogen-bond acceptors (Lipinski definition) is 6. The van der Waals surface area contributed by atoms with Crippen LogP contribution in [0.4, 0.5) is 0 Å². The lowest BCUT2D eigenvalue weighted by molar-refractivity contribution is -0.138. The van der Waals surface area contributed by atoms with Crippen LogP contribution in [0.1, 0.15) is 72.1 Å². The van der Waals surface area contributed by atoms with Gasteiger partial charge in [-0.25, -0.2) is 4.79 Å². The van der Waals surface area contributed by atoms with Crippen LogP contribution in [0.25, 0.3) is 0 Å². The number of carboxylic acids is 2. The summed E-state index contributed by atoms with van der Waals surface area (Å²) in [6.45, 7) is 0.604. The molecule has 0 bridgehead atoms. The number of nitrogens with two attached hydrogens (primary N) is 3. The average Bonchev–Trinajstić information content (AvgIpc) is 2.69. The molecule has 28 heavy (non-hydrogen) atoms. The summed E-state index contributed by atoms with van der Waals surface area (Å²) in [5.74, 6) is -1.95. The van der Waals surface area contributed by atoms with Crippen molar-refractivity contribution >= 4 is 18.2 Å². The number of benzene rings is 1. The van der Waals surface area contributed by atoms with Gasteiger partial charge >= 0.3 is 11.9 Å². The normalized spacial score (nSPS) is 14.5. The fraction of sp³-hybridized carbons (Fsp3) is 0.550. The second-order valence-corrected chi connectivity index (χ2v) is 6.68. The number of unbranched alkanes of at least 4 members (excludes halogenated alkanes) is 1. The Kier molecular flexibility index (Phi) is 14.5. The molecular formula is C20H33N3O5. The molecule has 2 rings (SSSR count). The molecule has 1 atom stereocenters. The molecule has 1 aliphatic rings. The van der Waals surface area contributed by atoms with Crippen molar-refractivity contribution in [2.45, 2.75) is 63.5 Å². The molecule has 0 radical (unpaired) electrons. The molecule has 0 heterocycles. The van der Waals surface area contributed by atoms with E-state index in [1.807, 2.05) is 0 Å². The summed E-state index contributed by atoms with van der Waals surface area (Å²) in [6.07, 6.45) is 9.44. The zero-order chi connectivity index (χ0) is 21.4. The van der Waals surface area contributed by atoms with Gasteiger partial charge in [0.05, 0.1) is 5.56 Å². The standard InChI is InChI=1S/C8H6O3.C6H14N2O2.C6H13N/c9-5-6-2-1-3-7(4-6)8(10)11;7-4-2-1-3-5(8)6(9)10;7-6-4-2-1-3-5-6/h1-5H,(H,10,11);5H,1-4,7-8H2,(H,9,10);6H,1-5,7H2. The van der Waals surface area contributed by atoms with Crippen molar-refractivity contribution in [3.8, 4) is 0 Å². The monoisotopic (exact) mass is 395 g/mol. The first-order chi connectivity index (χ1) is 13.3. The van der Waals surface area contributed by atoms with Crippen LogP contribution < -0.4 is 17.2 Å². The van der Waals surface area contributed by atoms with E-state index in [1.165, 1.54) is 50.3 Å². The molecule has 8 heteroatoms. The lowest BCUT2D eigenvalue weighted by Crippen LogP contribution is -2.29. The molecule has 0 aliphatic heterocycles. The first kappa shape index (κ1) is 25.7. The summed E-state index contributed by atoms with van der Waals surface area (Å²) in [7, 11) is 0. The highest BCUT2D eigenvalue weighted by atomic mass is 16.4. The van der Waals surface area contributed by atoms with E-state index in [-0.39, 0.29) is 5.56 Å². The number of aromatic carboxylic acids is 1. The molecule has 1 saturated carbocycles. The van der Waals surface area contributed by atoms with Crippen LogP contribution >= 0.6 is 0 Å². The third kappa shape index (κ3) is 13.0. The lowest BCUT2D eigenvalue weighted by atomic mass is 9.97. The third-order valence-corrected chi connectivity index (χ3v) is 4.21. The Morgan fingerprint density at radius 2 is 1.79 bits per heavy atom. The Balaban J connectivity index is 0.000000400. The summed E-state index contributed by atoms with van der Waals surface area (Å²) < 4.78 is 0. The molecule has 8 N–H and O–H groups in total. The number of hydrogen-bond donors (Lipinski definition) is 5. The zero-order valence-electron chi connectivity index (χ0n) is 16.3. The Hall–Kier alpha value is -2.29. The summed E-state index contributed by atoms with van der Waals surface area (Å²) in [6, 6.07) is 5.68. The zero-order valence-corrected chi connectivity index (χ0v) is 16.3. The molecule has 1 aromatic carbocycles. The molecule has 1 fully saturated rings. The van der Waals surface area contributed by atoms with Gasteiger partial charge in [-0.05, 0) is 44.4 Å². The van der Waals surface area contributed by atoms with Gasteiger partial charge in [-0.15, -0.1) is 0 Å². The maximum Gasteiger partial charge on any atom is 0.335 e. The lowest BCUT2D eigenvalue weighted by Gasteiger charge is -2.15. The van der Waals surface area contributed by atoms with Gasteiger partial charge < -0.3 is 27.4 Å². The van der Waals surface area contributed by atoms with E-state index < -0.39 is 18.0 Å². The number of carboxylic acid groups (broad SMARTS) is 2. The number of rotatable bonds is 7. The summed E-state index contributed by atoms with van der Waals surface area (Å²) in [5, 5.41) is 16.8. The van der Waals surface area contributed by atoms with Gasteiger partial charge in [0.1, 0.15) is 12.3 Å². The van der Waals surface area contributed by atoms with Gasteiger partial charge in [0.15, 0.2) is 0 Å². The highest BCUT2D eigenvalue weighted by Crippen LogP contribution is 2.14. The third-order valence-electron chi connectivity index (χ3n) is 4.21. The van der Waals surface area contributed by atoms with Crippen molar-refractivity contribution in [3.63, 3.8) is 0 Å². The molecule has 1 aromatic rings. The molecule has 8 nitrogen and oxygen atoms in total. The fourth-order valence-corrected chi connectivity index (χ4v) is 2.51. The summed E-state index contributed by atoms with van der Waals surface area (Å²) in [4.78, 5) is 30.7. The Bertz CT molecular complexity index is 589. The van der Waals surface area contributed by atoms with E-state index in [4.69, 9.17) is 27.4 Å². The smallest absolute Gasteiger partial charge is 0.335 e. The number of carbonyl (C=O) groups is 3. The van der Waals surface area contributed by atoms with Crippen molar-refractivity contribution in [3.05, 3.63) is 35.4 Å². The van der Waals surface area contributed by atoms with Crippen LogP contribution in [0.5, 0.6) is 0 Å². The highest BCUT2D eigenvalue weighted by Gasteiger charge is 2.09. The van der Waals surface area contributed by atoms with E-state index in [2.05, 4.69) is 0 Å². The van der Waals surface area contributed by atoms with E-state index in [0.717, 1.165) is 12.8 Å². The van der Waals surface area contributed by atoms with Crippen LogP contribution in [0.15, 0.2) is 24.3 Å². The SMILES string of the molecule is NC1CCCCC1.NCCCCC(N)C(=O)O.O=Cc1cccc(C(=O)O)c1. The number of carbonyl (C=O) groups excluding carboxylic acids is 1. The predicted octanol–water partition coefficient (Wildman–Crippen LogP) is 2.00. The predicted molar refractivity (Wildman–Crippen MR) is 108 cm³/mol. The summed E-state index contributed by atoms with van der Waals surface area (Å²) in [5.41, 5.74) is 16.6. The fourth-order valence-electron chi connectivity index (χ4n) is 2.51. The minimum absolute atomic E-state index is 0.134. The van der Waals surface area contributed by atoms with Crippen molar-refractivity contribution in [1.82, 2.24) is 0 Å². The van der Waals surface area contributed by atoms with E-state index in [0.29, 0.717) is 30.9 Å². The summed E-state index contributed by atoms with van der Waals surface area (Å²) >= 11 is 0. The van der Waals surface area contributed by atoms with Crippen LogP contribution in [0, 0.1) is 0 Å². The molecule has 0 spiro atoms. The molecule has 0 saturated heterocycles. The van der Waals surface area contributed by atoms with Gasteiger partial charge in [0, 0.05) is 11.6 Å². The molecule has 1 unspecified atom stereocenters. The van der Waals surface area contributed by atoms with Crippen LogP contribution in [0.2, 0.25) is 0 Å². The number of aliphatic carboxylic acids is 1. The van der Waals surface area contributed by atoms with Gasteiger partial charge in [0.2, 0.25) is 0 Å². The Morgan fingerprint density at radius 1 is 1.14 bits per heavy atom. The quantitative estimate of drug-likeness (QED) is 0.345. The second-order valence-electron chi connectivity index (χ2n) is 6.68. The van der Waals surface area contributed by atoms with Gasteiger partial charge in [-0.3, -0.25) is 9.59 Å². The maximum atomic E-state index is 10.4. The highest BCUT2D eigenvalue weighted by molar-refractivity contribution is 5.90. The largest absolute Gasteiger partial charge is 0.480 e. The maximum absolute atomic E-state index is 10.4. The molecule has 0 aromatic heterocycles. The number of aldehydes is 1. The van der Waals surface area contributed by atoms with Crippen molar-refractivity contribution in [2.75, 3.05) is 6.54 Å². The van der Waals surface area contributed by atoms with Crippen molar-refractivity contribution in [1.29, 1.82) is 0 Å². The van der Waals surface area contributed by atoms with Crippen molar-refractivity contribution in [2.24, 2.45) is 17.2 Å². The molecule has 158 valence electrons. The van der Waals surface area contributed by atoms with E-state index >= 15 is 0 Å². The van der Waals surface area contributed by atoms with Crippen LogP contribution in [0.3, 0.4) is 0 Å². The Morgan fingerprint density at radius 3 is 2.21 bits per heavy atom. The van der Waals surface area contributed by atoms with Crippen LogP contribution in [-0.2, 0) is 4.79 Å². The minimum atomic E-state index is -1.02. The minimum Gasteiger partial charge on any atom is -0.480 e. The van der Waals surface area contributed by atoms with Gasteiger partial charge in [-0.2, -0.15) is 0 Å². The second kappa shape index (κ2) is 15.7.